The van der Waals surface area contributed by atoms with Gasteiger partial charge in [-0.15, -0.1) is 0 Å². The molecule has 1 unspecified atom stereocenters. The fourth-order valence-electron chi connectivity index (χ4n) is 2.32. The Labute approximate surface area is 116 Å². The number of carbonyl (C=O) groups is 1. The standard InChI is InChI=1S/C14H18BrNO2/c15-8-11-3-5-13(6-4-11)14(18)16-7-1-2-12(9-16)10-17/h3-6,12,17H,1-2,7-10H2. The van der Waals surface area contributed by atoms with E-state index in [1.165, 1.54) is 5.56 Å². The zero-order valence-corrected chi connectivity index (χ0v) is 11.9. The van der Waals surface area contributed by atoms with Gasteiger partial charge in [-0.25, -0.2) is 0 Å². The number of rotatable bonds is 3. The van der Waals surface area contributed by atoms with Crippen molar-refractivity contribution in [3.63, 3.8) is 0 Å². The number of aliphatic hydroxyl groups is 1. The molecule has 1 amide bonds. The molecule has 0 bridgehead atoms. The maximum absolute atomic E-state index is 12.3. The van der Waals surface area contributed by atoms with Crippen molar-refractivity contribution in [2.24, 2.45) is 5.92 Å². The topological polar surface area (TPSA) is 40.5 Å². The van der Waals surface area contributed by atoms with Crippen molar-refractivity contribution >= 4 is 21.8 Å². The summed E-state index contributed by atoms with van der Waals surface area (Å²) in [6.45, 7) is 1.65. The Bertz CT molecular complexity index is 405. The third kappa shape index (κ3) is 3.12. The molecule has 0 radical (unpaired) electrons. The molecule has 3 nitrogen and oxygen atoms in total. The average Bonchev–Trinajstić information content (AvgIpc) is 2.46. The second-order valence-electron chi connectivity index (χ2n) is 4.77. The van der Waals surface area contributed by atoms with Crippen LogP contribution in [0, 0.1) is 5.92 Å². The first-order chi connectivity index (χ1) is 8.74. The van der Waals surface area contributed by atoms with Gasteiger partial charge in [0, 0.05) is 30.6 Å². The number of alkyl halides is 1. The Balaban J connectivity index is 2.05. The normalized spacial score (nSPS) is 19.9. The highest BCUT2D eigenvalue weighted by molar-refractivity contribution is 9.08. The van der Waals surface area contributed by atoms with Gasteiger partial charge in [0.2, 0.25) is 0 Å². The summed E-state index contributed by atoms with van der Waals surface area (Å²) in [5, 5.41) is 9.99. The van der Waals surface area contributed by atoms with Crippen LogP contribution in [0.15, 0.2) is 24.3 Å². The summed E-state index contributed by atoms with van der Waals surface area (Å²) in [6, 6.07) is 7.69. The van der Waals surface area contributed by atoms with Crippen LogP contribution in [0.5, 0.6) is 0 Å². The van der Waals surface area contributed by atoms with Crippen molar-refractivity contribution in [3.05, 3.63) is 35.4 Å². The minimum absolute atomic E-state index is 0.0780. The average molecular weight is 312 g/mol. The Morgan fingerprint density at radius 3 is 2.72 bits per heavy atom. The lowest BCUT2D eigenvalue weighted by molar-refractivity contribution is 0.0620. The van der Waals surface area contributed by atoms with Gasteiger partial charge in [-0.2, -0.15) is 0 Å². The van der Waals surface area contributed by atoms with Crippen molar-refractivity contribution in [1.29, 1.82) is 0 Å². The van der Waals surface area contributed by atoms with E-state index in [2.05, 4.69) is 15.9 Å². The van der Waals surface area contributed by atoms with Crippen molar-refractivity contribution in [3.8, 4) is 0 Å². The molecule has 1 N–H and O–H groups in total. The predicted octanol–water partition coefficient (Wildman–Crippen LogP) is 2.43. The molecular formula is C14H18BrNO2. The Morgan fingerprint density at radius 2 is 2.11 bits per heavy atom. The van der Waals surface area contributed by atoms with E-state index in [0.717, 1.165) is 30.3 Å². The van der Waals surface area contributed by atoms with Crippen LogP contribution < -0.4 is 0 Å². The van der Waals surface area contributed by atoms with Crippen LogP contribution in [0.25, 0.3) is 0 Å². The molecule has 0 saturated carbocycles. The molecule has 0 aromatic heterocycles. The van der Waals surface area contributed by atoms with Crippen molar-refractivity contribution in [2.75, 3.05) is 19.7 Å². The number of aliphatic hydroxyl groups excluding tert-OH is 1. The largest absolute Gasteiger partial charge is 0.396 e. The van der Waals surface area contributed by atoms with Crippen LogP contribution in [0.3, 0.4) is 0 Å². The molecule has 98 valence electrons. The molecule has 18 heavy (non-hydrogen) atoms. The van der Waals surface area contributed by atoms with Gasteiger partial charge in [-0.05, 0) is 36.5 Å². The maximum atomic E-state index is 12.3. The quantitative estimate of drug-likeness (QED) is 0.871. The summed E-state index contributed by atoms with van der Waals surface area (Å²) in [4.78, 5) is 14.1. The van der Waals surface area contributed by atoms with Gasteiger partial charge in [0.1, 0.15) is 0 Å². The Kier molecular flexibility index (Phi) is 4.78. The highest BCUT2D eigenvalue weighted by Crippen LogP contribution is 2.18. The van der Waals surface area contributed by atoms with E-state index in [4.69, 9.17) is 0 Å². The van der Waals surface area contributed by atoms with E-state index in [1.807, 2.05) is 29.2 Å². The fraction of sp³-hybridized carbons (Fsp3) is 0.500. The highest BCUT2D eigenvalue weighted by atomic mass is 79.9. The van der Waals surface area contributed by atoms with Gasteiger partial charge in [0.15, 0.2) is 0 Å². The summed E-state index contributed by atoms with van der Waals surface area (Å²) in [5.41, 5.74) is 1.90. The van der Waals surface area contributed by atoms with Gasteiger partial charge in [0.05, 0.1) is 0 Å². The zero-order chi connectivity index (χ0) is 13.0. The number of hydrogen-bond acceptors (Lipinski definition) is 2. The lowest BCUT2D eigenvalue weighted by atomic mass is 9.98. The third-order valence-electron chi connectivity index (χ3n) is 3.42. The molecular weight excluding hydrogens is 294 g/mol. The van der Waals surface area contributed by atoms with E-state index in [0.29, 0.717) is 6.54 Å². The number of hydrogen-bond donors (Lipinski definition) is 1. The molecule has 1 saturated heterocycles. The lowest BCUT2D eigenvalue weighted by Crippen LogP contribution is -2.40. The van der Waals surface area contributed by atoms with Crippen molar-refractivity contribution in [2.45, 2.75) is 18.2 Å². The van der Waals surface area contributed by atoms with Crippen LogP contribution in [0.4, 0.5) is 0 Å². The highest BCUT2D eigenvalue weighted by Gasteiger charge is 2.23. The van der Waals surface area contributed by atoms with E-state index >= 15 is 0 Å². The molecule has 0 spiro atoms. The van der Waals surface area contributed by atoms with E-state index in [-0.39, 0.29) is 18.4 Å². The van der Waals surface area contributed by atoms with Gasteiger partial charge < -0.3 is 10.0 Å². The van der Waals surface area contributed by atoms with Crippen LogP contribution in [-0.2, 0) is 5.33 Å². The summed E-state index contributed by atoms with van der Waals surface area (Å²) >= 11 is 3.39. The molecule has 1 fully saturated rings. The Hall–Kier alpha value is -0.870. The van der Waals surface area contributed by atoms with E-state index in [9.17, 15) is 9.90 Å². The molecule has 1 aliphatic heterocycles. The van der Waals surface area contributed by atoms with Crippen LogP contribution in [0.2, 0.25) is 0 Å². The van der Waals surface area contributed by atoms with Gasteiger partial charge in [-0.3, -0.25) is 4.79 Å². The minimum Gasteiger partial charge on any atom is -0.396 e. The molecule has 1 atom stereocenters. The molecule has 1 aromatic carbocycles. The first-order valence-electron chi connectivity index (χ1n) is 6.29. The zero-order valence-electron chi connectivity index (χ0n) is 10.3. The summed E-state index contributed by atoms with van der Waals surface area (Å²) in [5.74, 6) is 0.318. The number of benzene rings is 1. The van der Waals surface area contributed by atoms with Gasteiger partial charge in [0.25, 0.3) is 5.91 Å². The van der Waals surface area contributed by atoms with Gasteiger partial charge in [-0.1, -0.05) is 28.1 Å². The second kappa shape index (κ2) is 6.34. The smallest absolute Gasteiger partial charge is 0.253 e. The number of nitrogens with zero attached hydrogens (tertiary/aromatic N) is 1. The summed E-state index contributed by atoms with van der Waals surface area (Å²) in [7, 11) is 0. The number of amides is 1. The van der Waals surface area contributed by atoms with Crippen LogP contribution in [0.1, 0.15) is 28.8 Å². The molecule has 1 aromatic rings. The molecule has 1 aliphatic rings. The molecule has 1 heterocycles. The molecule has 4 heteroatoms. The Morgan fingerprint density at radius 1 is 1.39 bits per heavy atom. The molecule has 0 aliphatic carbocycles. The van der Waals surface area contributed by atoms with Crippen molar-refractivity contribution < 1.29 is 9.90 Å². The SMILES string of the molecule is O=C(c1ccc(CBr)cc1)N1CCCC(CO)C1. The molecule has 2 rings (SSSR count). The number of piperidine rings is 1. The number of carbonyl (C=O) groups excluding carboxylic acids is 1. The first kappa shape index (κ1) is 13.6. The van der Waals surface area contributed by atoms with Gasteiger partial charge >= 0.3 is 0 Å². The maximum Gasteiger partial charge on any atom is 0.253 e. The second-order valence-corrected chi connectivity index (χ2v) is 5.33. The monoisotopic (exact) mass is 311 g/mol. The van der Waals surface area contributed by atoms with E-state index in [1.54, 1.807) is 0 Å². The fourth-order valence-corrected chi connectivity index (χ4v) is 2.69. The minimum atomic E-state index is 0.0780. The summed E-state index contributed by atoms with van der Waals surface area (Å²) in [6.07, 6.45) is 2.00. The summed E-state index contributed by atoms with van der Waals surface area (Å²) < 4.78 is 0. The third-order valence-corrected chi connectivity index (χ3v) is 4.07. The van der Waals surface area contributed by atoms with E-state index < -0.39 is 0 Å². The first-order valence-corrected chi connectivity index (χ1v) is 7.41. The predicted molar refractivity (Wildman–Crippen MR) is 74.8 cm³/mol. The van der Waals surface area contributed by atoms with Crippen LogP contribution >= 0.6 is 15.9 Å². The number of likely N-dealkylation sites (tertiary alicyclic amines) is 1. The van der Waals surface area contributed by atoms with Crippen molar-refractivity contribution in [1.82, 2.24) is 4.90 Å². The lowest BCUT2D eigenvalue weighted by Gasteiger charge is -2.31. The number of halogens is 1. The van der Waals surface area contributed by atoms with Crippen LogP contribution in [-0.4, -0.2) is 35.6 Å².